The Balaban J connectivity index is 1.61. The SMILES string of the molecule is CC(C)(CO)CCCNC(=O)NCCNc1ccc2ccccc2n1. The van der Waals surface area contributed by atoms with Gasteiger partial charge in [-0.2, -0.15) is 0 Å². The van der Waals surface area contributed by atoms with Crippen LogP contribution in [-0.2, 0) is 0 Å². The summed E-state index contributed by atoms with van der Waals surface area (Å²) in [5.74, 6) is 0.798. The zero-order chi connectivity index (χ0) is 18.1. The number of hydrogen-bond acceptors (Lipinski definition) is 4. The number of anilines is 1. The van der Waals surface area contributed by atoms with E-state index in [1.807, 2.05) is 50.2 Å². The van der Waals surface area contributed by atoms with Gasteiger partial charge in [0.25, 0.3) is 0 Å². The average molecular weight is 344 g/mol. The average Bonchev–Trinajstić information content (AvgIpc) is 2.62. The van der Waals surface area contributed by atoms with Crippen molar-refractivity contribution in [3.05, 3.63) is 36.4 Å². The van der Waals surface area contributed by atoms with Gasteiger partial charge in [-0.3, -0.25) is 0 Å². The summed E-state index contributed by atoms with van der Waals surface area (Å²) in [6, 6.07) is 11.8. The molecule has 136 valence electrons. The van der Waals surface area contributed by atoms with E-state index in [2.05, 4.69) is 20.9 Å². The molecule has 0 fully saturated rings. The number of hydrogen-bond donors (Lipinski definition) is 4. The Bertz CT molecular complexity index is 688. The number of urea groups is 1. The number of fused-ring (bicyclic) bond motifs is 1. The summed E-state index contributed by atoms with van der Waals surface area (Å²) >= 11 is 0. The van der Waals surface area contributed by atoms with Crippen LogP contribution in [0.2, 0.25) is 0 Å². The molecule has 2 aromatic rings. The summed E-state index contributed by atoms with van der Waals surface area (Å²) in [7, 11) is 0. The fraction of sp³-hybridized carbons (Fsp3) is 0.474. The van der Waals surface area contributed by atoms with E-state index in [9.17, 15) is 9.90 Å². The standard InChI is InChI=1S/C19H28N4O2/c1-19(2,14-24)10-5-11-21-18(25)22-13-12-20-17-9-8-15-6-3-4-7-16(15)23-17/h3-4,6-9,24H,5,10-14H2,1-2H3,(H,20,23)(H2,21,22,25). The summed E-state index contributed by atoms with van der Waals surface area (Å²) < 4.78 is 0. The number of pyridine rings is 1. The zero-order valence-electron chi connectivity index (χ0n) is 15.0. The van der Waals surface area contributed by atoms with Gasteiger partial charge in [-0.25, -0.2) is 9.78 Å². The number of carbonyl (C=O) groups excluding carboxylic acids is 1. The Morgan fingerprint density at radius 3 is 2.64 bits per heavy atom. The second-order valence-corrected chi connectivity index (χ2v) is 6.92. The van der Waals surface area contributed by atoms with Crippen molar-refractivity contribution in [3.8, 4) is 0 Å². The van der Waals surface area contributed by atoms with Gasteiger partial charge in [-0.1, -0.05) is 32.0 Å². The highest BCUT2D eigenvalue weighted by molar-refractivity contribution is 5.80. The minimum absolute atomic E-state index is 0.0884. The number of nitrogens with one attached hydrogen (secondary N) is 3. The van der Waals surface area contributed by atoms with Crippen LogP contribution in [0.4, 0.5) is 10.6 Å². The number of aliphatic hydroxyl groups excluding tert-OH is 1. The van der Waals surface area contributed by atoms with E-state index < -0.39 is 0 Å². The highest BCUT2D eigenvalue weighted by Gasteiger charge is 2.15. The highest BCUT2D eigenvalue weighted by atomic mass is 16.3. The Morgan fingerprint density at radius 2 is 1.84 bits per heavy atom. The maximum absolute atomic E-state index is 11.7. The van der Waals surface area contributed by atoms with E-state index in [-0.39, 0.29) is 18.1 Å². The summed E-state index contributed by atoms with van der Waals surface area (Å²) in [4.78, 5) is 16.2. The Kier molecular flexibility index (Phi) is 7.01. The number of amides is 2. The van der Waals surface area contributed by atoms with Crippen molar-refractivity contribution < 1.29 is 9.90 Å². The lowest BCUT2D eigenvalue weighted by molar-refractivity contribution is 0.148. The second kappa shape index (κ2) is 9.22. The maximum Gasteiger partial charge on any atom is 0.314 e. The molecule has 0 radical (unpaired) electrons. The van der Waals surface area contributed by atoms with Gasteiger partial charge in [0.05, 0.1) is 5.52 Å². The summed E-state index contributed by atoms with van der Waals surface area (Å²) in [5.41, 5.74) is 0.860. The molecule has 1 aromatic heterocycles. The lowest BCUT2D eigenvalue weighted by Gasteiger charge is -2.21. The molecule has 0 saturated heterocycles. The molecule has 1 aromatic carbocycles. The fourth-order valence-electron chi connectivity index (χ4n) is 2.44. The largest absolute Gasteiger partial charge is 0.396 e. The van der Waals surface area contributed by atoms with Gasteiger partial charge >= 0.3 is 6.03 Å². The molecule has 0 bridgehead atoms. The quantitative estimate of drug-likeness (QED) is 0.527. The number of carbonyl (C=O) groups is 1. The summed E-state index contributed by atoms with van der Waals surface area (Å²) in [6.45, 7) is 5.92. The van der Waals surface area contributed by atoms with Crippen LogP contribution in [0.25, 0.3) is 10.9 Å². The third-order valence-electron chi connectivity index (χ3n) is 4.06. The number of aliphatic hydroxyl groups is 1. The highest BCUT2D eigenvalue weighted by Crippen LogP contribution is 2.20. The van der Waals surface area contributed by atoms with Crippen molar-refractivity contribution in [2.75, 3.05) is 31.6 Å². The molecule has 2 rings (SSSR count). The predicted molar refractivity (Wildman–Crippen MR) is 102 cm³/mol. The topological polar surface area (TPSA) is 86.3 Å². The molecular formula is C19H28N4O2. The lowest BCUT2D eigenvalue weighted by atomic mass is 9.89. The molecule has 0 aliphatic carbocycles. The van der Waals surface area contributed by atoms with Crippen molar-refractivity contribution in [2.24, 2.45) is 5.41 Å². The number of benzene rings is 1. The monoisotopic (exact) mass is 344 g/mol. The minimum Gasteiger partial charge on any atom is -0.396 e. The van der Waals surface area contributed by atoms with E-state index >= 15 is 0 Å². The van der Waals surface area contributed by atoms with Gasteiger partial charge in [-0.05, 0) is 36.5 Å². The van der Waals surface area contributed by atoms with Crippen LogP contribution in [0, 0.1) is 5.41 Å². The molecule has 2 amide bonds. The molecule has 4 N–H and O–H groups in total. The van der Waals surface area contributed by atoms with E-state index in [0.717, 1.165) is 29.6 Å². The molecule has 0 atom stereocenters. The Hall–Kier alpha value is -2.34. The normalized spacial score (nSPS) is 11.3. The Morgan fingerprint density at radius 1 is 1.08 bits per heavy atom. The number of rotatable bonds is 9. The third kappa shape index (κ3) is 6.58. The van der Waals surface area contributed by atoms with Gasteiger partial charge in [0.1, 0.15) is 5.82 Å². The molecule has 6 nitrogen and oxygen atoms in total. The van der Waals surface area contributed by atoms with Gasteiger partial charge < -0.3 is 21.1 Å². The van der Waals surface area contributed by atoms with Crippen LogP contribution in [0.5, 0.6) is 0 Å². The van der Waals surface area contributed by atoms with Crippen LogP contribution >= 0.6 is 0 Å². The molecule has 25 heavy (non-hydrogen) atoms. The number of nitrogens with zero attached hydrogens (tertiary/aromatic N) is 1. The first-order valence-electron chi connectivity index (χ1n) is 8.72. The predicted octanol–water partition coefficient (Wildman–Crippen LogP) is 2.74. The summed E-state index contributed by atoms with van der Waals surface area (Å²) in [5, 5.41) is 19.1. The third-order valence-corrected chi connectivity index (χ3v) is 4.06. The van der Waals surface area contributed by atoms with Crippen molar-refractivity contribution in [1.82, 2.24) is 15.6 Å². The summed E-state index contributed by atoms with van der Waals surface area (Å²) in [6.07, 6.45) is 1.72. The van der Waals surface area contributed by atoms with Crippen LogP contribution < -0.4 is 16.0 Å². The van der Waals surface area contributed by atoms with Crippen molar-refractivity contribution >= 4 is 22.8 Å². The molecule has 0 spiro atoms. The molecule has 1 heterocycles. The van der Waals surface area contributed by atoms with Crippen molar-refractivity contribution in [1.29, 1.82) is 0 Å². The van der Waals surface area contributed by atoms with Crippen LogP contribution in [0.15, 0.2) is 36.4 Å². The molecule has 0 unspecified atom stereocenters. The van der Waals surface area contributed by atoms with Crippen molar-refractivity contribution in [3.63, 3.8) is 0 Å². The van der Waals surface area contributed by atoms with E-state index in [1.165, 1.54) is 0 Å². The Labute approximate surface area is 149 Å². The fourth-order valence-corrected chi connectivity index (χ4v) is 2.44. The van der Waals surface area contributed by atoms with Gasteiger partial charge in [-0.15, -0.1) is 0 Å². The molecule has 0 saturated carbocycles. The second-order valence-electron chi connectivity index (χ2n) is 6.92. The maximum atomic E-state index is 11.7. The van der Waals surface area contributed by atoms with E-state index in [4.69, 9.17) is 0 Å². The lowest BCUT2D eigenvalue weighted by Crippen LogP contribution is -2.38. The van der Waals surface area contributed by atoms with Gasteiger partial charge in [0.15, 0.2) is 0 Å². The number of para-hydroxylation sites is 1. The van der Waals surface area contributed by atoms with Crippen LogP contribution in [0.3, 0.4) is 0 Å². The number of aromatic nitrogens is 1. The van der Waals surface area contributed by atoms with Crippen LogP contribution in [0.1, 0.15) is 26.7 Å². The first kappa shape index (κ1) is 19.0. The minimum atomic E-state index is -0.171. The first-order valence-corrected chi connectivity index (χ1v) is 8.72. The molecule has 0 aliphatic heterocycles. The smallest absolute Gasteiger partial charge is 0.314 e. The first-order chi connectivity index (χ1) is 12.0. The van der Waals surface area contributed by atoms with Crippen molar-refractivity contribution in [2.45, 2.75) is 26.7 Å². The van der Waals surface area contributed by atoms with E-state index in [1.54, 1.807) is 0 Å². The molecular weight excluding hydrogens is 316 g/mol. The van der Waals surface area contributed by atoms with E-state index in [0.29, 0.717) is 19.6 Å². The van der Waals surface area contributed by atoms with Gasteiger partial charge in [0, 0.05) is 31.6 Å². The molecule has 6 heteroatoms. The molecule has 0 aliphatic rings. The van der Waals surface area contributed by atoms with Crippen LogP contribution in [-0.4, -0.2) is 42.4 Å². The zero-order valence-corrected chi connectivity index (χ0v) is 15.0. The van der Waals surface area contributed by atoms with Gasteiger partial charge in [0.2, 0.25) is 0 Å².